The Kier molecular flexibility index (Phi) is 6.36. The molecule has 0 bridgehead atoms. The van der Waals surface area contributed by atoms with Crippen molar-refractivity contribution in [3.8, 4) is 5.75 Å². The van der Waals surface area contributed by atoms with Crippen molar-refractivity contribution in [2.24, 2.45) is 0 Å². The molecule has 0 atom stereocenters. The van der Waals surface area contributed by atoms with Crippen LogP contribution in [0.1, 0.15) is 25.3 Å². The van der Waals surface area contributed by atoms with E-state index < -0.39 is 11.6 Å². The zero-order valence-corrected chi connectivity index (χ0v) is 10.6. The van der Waals surface area contributed by atoms with E-state index in [-0.39, 0.29) is 12.4 Å². The molecule has 0 aromatic heterocycles. The Labute approximate surface area is 107 Å². The summed E-state index contributed by atoms with van der Waals surface area (Å²) in [7, 11) is 0. The Morgan fingerprint density at radius 1 is 1.33 bits per heavy atom. The highest BCUT2D eigenvalue weighted by Crippen LogP contribution is 2.23. The molecule has 4 heteroatoms. The summed E-state index contributed by atoms with van der Waals surface area (Å²) in [4.78, 5) is 0. The molecular weight excluding hydrogens is 236 g/mol. The van der Waals surface area contributed by atoms with Gasteiger partial charge in [-0.3, -0.25) is 0 Å². The molecule has 1 aromatic carbocycles. The van der Waals surface area contributed by atoms with E-state index in [9.17, 15) is 8.78 Å². The molecule has 2 nitrogen and oxygen atoms in total. The molecule has 0 radical (unpaired) electrons. The van der Waals surface area contributed by atoms with Gasteiger partial charge in [-0.15, -0.1) is 6.58 Å². The van der Waals surface area contributed by atoms with E-state index >= 15 is 0 Å². The number of ether oxygens (including phenoxy) is 1. The number of nitrogens with one attached hydrogen (secondary N) is 1. The molecule has 1 N–H and O–H groups in total. The maximum absolute atomic E-state index is 13.6. The highest BCUT2D eigenvalue weighted by molar-refractivity contribution is 5.31. The number of hydrogen-bond acceptors (Lipinski definition) is 2. The van der Waals surface area contributed by atoms with Crippen molar-refractivity contribution in [2.45, 2.75) is 26.3 Å². The average molecular weight is 255 g/mol. The van der Waals surface area contributed by atoms with Crippen LogP contribution in [-0.4, -0.2) is 13.2 Å². The largest absolute Gasteiger partial charge is 0.488 e. The van der Waals surface area contributed by atoms with Crippen molar-refractivity contribution in [3.05, 3.63) is 42.0 Å². The zero-order valence-electron chi connectivity index (χ0n) is 10.6. The summed E-state index contributed by atoms with van der Waals surface area (Å²) in [5, 5.41) is 3.01. The second-order valence-corrected chi connectivity index (χ2v) is 3.95. The van der Waals surface area contributed by atoms with E-state index in [4.69, 9.17) is 4.74 Å². The smallest absolute Gasteiger partial charge is 0.190 e. The van der Waals surface area contributed by atoms with Gasteiger partial charge in [-0.1, -0.05) is 13.0 Å². The normalized spacial score (nSPS) is 10.4. The van der Waals surface area contributed by atoms with Crippen LogP contribution in [0, 0.1) is 11.6 Å². The van der Waals surface area contributed by atoms with Crippen LogP contribution >= 0.6 is 0 Å². The highest BCUT2D eigenvalue weighted by Gasteiger charge is 2.12. The van der Waals surface area contributed by atoms with Crippen LogP contribution in [0.5, 0.6) is 5.75 Å². The highest BCUT2D eigenvalue weighted by atomic mass is 19.1. The van der Waals surface area contributed by atoms with Gasteiger partial charge in [-0.25, -0.2) is 8.78 Å². The number of hydrogen-bond donors (Lipinski definition) is 1. The van der Waals surface area contributed by atoms with Gasteiger partial charge < -0.3 is 10.1 Å². The van der Waals surface area contributed by atoms with Gasteiger partial charge >= 0.3 is 0 Å². The van der Waals surface area contributed by atoms with E-state index in [1.807, 2.05) is 6.92 Å². The Balaban J connectivity index is 2.65. The summed E-state index contributed by atoms with van der Waals surface area (Å²) in [5.41, 5.74) is 0.574. The van der Waals surface area contributed by atoms with Gasteiger partial charge in [0.25, 0.3) is 0 Å². The summed E-state index contributed by atoms with van der Waals surface area (Å²) in [5.74, 6) is -1.60. The summed E-state index contributed by atoms with van der Waals surface area (Å²) in [6.07, 6.45) is 3.21. The van der Waals surface area contributed by atoms with E-state index in [0.717, 1.165) is 13.0 Å². The first-order valence-corrected chi connectivity index (χ1v) is 6.11. The Hall–Kier alpha value is -1.42. The van der Waals surface area contributed by atoms with Crippen molar-refractivity contribution in [1.29, 1.82) is 0 Å². The maximum atomic E-state index is 13.6. The molecule has 0 spiro atoms. The van der Waals surface area contributed by atoms with Crippen LogP contribution in [-0.2, 0) is 6.54 Å². The van der Waals surface area contributed by atoms with Gasteiger partial charge in [0.05, 0.1) is 6.61 Å². The van der Waals surface area contributed by atoms with Gasteiger partial charge in [0.2, 0.25) is 0 Å². The lowest BCUT2D eigenvalue weighted by atomic mass is 10.2. The lowest BCUT2D eigenvalue weighted by Gasteiger charge is -2.10. The molecule has 0 fully saturated rings. The van der Waals surface area contributed by atoms with E-state index in [2.05, 4.69) is 11.9 Å². The molecule has 100 valence electrons. The Morgan fingerprint density at radius 3 is 2.56 bits per heavy atom. The van der Waals surface area contributed by atoms with Crippen LogP contribution in [0.15, 0.2) is 24.8 Å². The van der Waals surface area contributed by atoms with Crippen LogP contribution in [0.3, 0.4) is 0 Å². The van der Waals surface area contributed by atoms with E-state index in [1.54, 1.807) is 6.08 Å². The zero-order chi connectivity index (χ0) is 13.4. The van der Waals surface area contributed by atoms with Crippen LogP contribution in [0.25, 0.3) is 0 Å². The first-order valence-electron chi connectivity index (χ1n) is 6.11. The summed E-state index contributed by atoms with van der Waals surface area (Å²) in [6.45, 7) is 6.99. The molecule has 1 rings (SSSR count). The molecule has 0 aliphatic heterocycles. The monoisotopic (exact) mass is 255 g/mol. The minimum absolute atomic E-state index is 0.284. The van der Waals surface area contributed by atoms with Gasteiger partial charge in [-0.05, 0) is 37.1 Å². The topological polar surface area (TPSA) is 21.3 Å². The number of benzene rings is 1. The van der Waals surface area contributed by atoms with Crippen molar-refractivity contribution >= 4 is 0 Å². The van der Waals surface area contributed by atoms with Gasteiger partial charge in [0.15, 0.2) is 17.4 Å². The maximum Gasteiger partial charge on any atom is 0.190 e. The number of rotatable bonds is 8. The van der Waals surface area contributed by atoms with Crippen LogP contribution in [0.2, 0.25) is 0 Å². The lowest BCUT2D eigenvalue weighted by molar-refractivity contribution is 0.280. The fourth-order valence-corrected chi connectivity index (χ4v) is 1.52. The minimum Gasteiger partial charge on any atom is -0.488 e. The Bertz CT molecular complexity index is 370. The molecule has 0 saturated heterocycles. The fourth-order valence-electron chi connectivity index (χ4n) is 1.52. The molecule has 0 aliphatic rings. The quantitative estimate of drug-likeness (QED) is 0.567. The SMILES string of the molecule is C=CCCCOc1c(F)cc(CNCC)cc1F. The molecule has 0 unspecified atom stereocenters. The summed E-state index contributed by atoms with van der Waals surface area (Å²) < 4.78 is 32.4. The second-order valence-electron chi connectivity index (χ2n) is 3.95. The van der Waals surface area contributed by atoms with Crippen molar-refractivity contribution in [3.63, 3.8) is 0 Å². The van der Waals surface area contributed by atoms with Crippen LogP contribution < -0.4 is 10.1 Å². The van der Waals surface area contributed by atoms with E-state index in [0.29, 0.717) is 18.5 Å². The predicted molar refractivity (Wildman–Crippen MR) is 68.7 cm³/mol. The van der Waals surface area contributed by atoms with E-state index in [1.165, 1.54) is 12.1 Å². The molecule has 18 heavy (non-hydrogen) atoms. The van der Waals surface area contributed by atoms with Gasteiger partial charge in [0.1, 0.15) is 0 Å². The number of allylic oxidation sites excluding steroid dienone is 1. The lowest BCUT2D eigenvalue weighted by Crippen LogP contribution is -2.12. The van der Waals surface area contributed by atoms with Crippen LogP contribution in [0.4, 0.5) is 8.78 Å². The summed E-state index contributed by atoms with van der Waals surface area (Å²) >= 11 is 0. The molecule has 1 aromatic rings. The van der Waals surface area contributed by atoms with Gasteiger partial charge in [-0.2, -0.15) is 0 Å². The Morgan fingerprint density at radius 2 is 2.00 bits per heavy atom. The van der Waals surface area contributed by atoms with Crippen molar-refractivity contribution < 1.29 is 13.5 Å². The van der Waals surface area contributed by atoms with Gasteiger partial charge in [0, 0.05) is 6.54 Å². The average Bonchev–Trinajstić information content (AvgIpc) is 2.34. The second kappa shape index (κ2) is 7.82. The molecule has 0 aliphatic carbocycles. The third kappa shape index (κ3) is 4.45. The third-order valence-corrected chi connectivity index (χ3v) is 2.44. The first-order chi connectivity index (χ1) is 8.69. The summed E-state index contributed by atoms with van der Waals surface area (Å²) in [6, 6.07) is 2.60. The first kappa shape index (κ1) is 14.6. The number of unbranched alkanes of at least 4 members (excludes halogenated alkanes) is 1. The molecule has 0 amide bonds. The fraction of sp³-hybridized carbons (Fsp3) is 0.429. The minimum atomic E-state index is -0.651. The molecular formula is C14H19F2NO. The molecule has 0 heterocycles. The molecule has 0 saturated carbocycles. The third-order valence-electron chi connectivity index (χ3n) is 2.44. The number of halogens is 2. The predicted octanol–water partition coefficient (Wildman–Crippen LogP) is 3.42. The van der Waals surface area contributed by atoms with Crippen molar-refractivity contribution in [1.82, 2.24) is 5.32 Å². The standard InChI is InChI=1S/C14H19F2NO/c1-3-5-6-7-18-14-12(15)8-11(9-13(14)16)10-17-4-2/h3,8-9,17H,1,4-7,10H2,2H3. The van der Waals surface area contributed by atoms with Crippen molar-refractivity contribution in [2.75, 3.05) is 13.2 Å².